The van der Waals surface area contributed by atoms with E-state index < -0.39 is 40.8 Å². The molecule has 0 aromatic heterocycles. The van der Waals surface area contributed by atoms with Gasteiger partial charge in [0.15, 0.2) is 5.76 Å². The number of rotatable bonds is 5. The Morgan fingerprint density at radius 3 is 1.67 bits per heavy atom. The number of carbonyl (C=O) groups excluding carboxylic acids is 4. The van der Waals surface area contributed by atoms with Crippen LogP contribution in [0.25, 0.3) is 0 Å². The topological polar surface area (TPSA) is 96.0 Å². The molecule has 1 aliphatic carbocycles. The maximum atomic E-state index is 12.6. The molecule has 0 bridgehead atoms. The first-order chi connectivity index (χ1) is 14.3. The van der Waals surface area contributed by atoms with Crippen LogP contribution in [-0.2, 0) is 23.8 Å². The van der Waals surface area contributed by atoms with Crippen molar-refractivity contribution in [3.05, 3.63) is 93.1 Å². The van der Waals surface area contributed by atoms with E-state index in [-0.39, 0.29) is 11.1 Å². The van der Waals surface area contributed by atoms with Crippen LogP contribution in [0.5, 0.6) is 0 Å². The average molecular weight is 447 g/mol. The van der Waals surface area contributed by atoms with Gasteiger partial charge in [0.2, 0.25) is 17.3 Å². The van der Waals surface area contributed by atoms with E-state index in [0.717, 1.165) is 13.2 Å². The Labute approximate surface area is 180 Å². The number of methoxy groups -OCH3 is 1. The van der Waals surface area contributed by atoms with Gasteiger partial charge in [0.1, 0.15) is 0 Å². The standard InChI is InChI=1S/C21H12Cl2O7/c1-28-19-17(25)16(29-20(26)11-2-6-13(22)7-3-11)10-15(24)18(19)30-21(27)12-4-8-14(23)9-5-12/h2-10H,1H3. The molecule has 3 rings (SSSR count). The van der Waals surface area contributed by atoms with Gasteiger partial charge < -0.3 is 14.2 Å². The van der Waals surface area contributed by atoms with Crippen molar-refractivity contribution in [3.8, 4) is 0 Å². The lowest BCUT2D eigenvalue weighted by Crippen LogP contribution is -2.26. The smallest absolute Gasteiger partial charge is 0.343 e. The number of ketones is 2. The number of esters is 2. The molecule has 1 aliphatic rings. The molecule has 30 heavy (non-hydrogen) atoms. The van der Waals surface area contributed by atoms with Crippen LogP contribution in [0, 0.1) is 0 Å². The normalized spacial score (nSPS) is 13.6. The maximum absolute atomic E-state index is 12.6. The van der Waals surface area contributed by atoms with Crippen LogP contribution in [-0.4, -0.2) is 30.6 Å². The molecule has 0 fully saturated rings. The van der Waals surface area contributed by atoms with Gasteiger partial charge in [-0.15, -0.1) is 0 Å². The Hall–Kier alpha value is -3.42. The fourth-order valence-electron chi connectivity index (χ4n) is 2.42. The first-order valence-electron chi connectivity index (χ1n) is 8.34. The van der Waals surface area contributed by atoms with E-state index in [9.17, 15) is 19.2 Å². The second-order valence-electron chi connectivity index (χ2n) is 5.86. The average Bonchev–Trinajstić information content (AvgIpc) is 2.72. The van der Waals surface area contributed by atoms with Crippen LogP contribution in [0.4, 0.5) is 0 Å². The van der Waals surface area contributed by atoms with E-state index >= 15 is 0 Å². The SMILES string of the molecule is COC1=C(OC(=O)c2ccc(Cl)cc2)C(=O)C=C(OC(=O)c2ccc(Cl)cc2)C1=O. The Bertz CT molecular complexity index is 1100. The van der Waals surface area contributed by atoms with Crippen molar-refractivity contribution in [3.63, 3.8) is 0 Å². The summed E-state index contributed by atoms with van der Waals surface area (Å²) in [4.78, 5) is 49.5. The third-order valence-corrected chi connectivity index (χ3v) is 4.39. The minimum atomic E-state index is -0.932. The van der Waals surface area contributed by atoms with Gasteiger partial charge in [0, 0.05) is 16.1 Å². The van der Waals surface area contributed by atoms with E-state index in [1.54, 1.807) is 0 Å². The first-order valence-corrected chi connectivity index (χ1v) is 9.10. The fraction of sp³-hybridized carbons (Fsp3) is 0.0476. The number of benzene rings is 2. The number of Topliss-reactive ketones (excluding diaryl/α,β-unsaturated/α-hetero) is 1. The Morgan fingerprint density at radius 1 is 0.733 bits per heavy atom. The van der Waals surface area contributed by atoms with Gasteiger partial charge in [-0.3, -0.25) is 9.59 Å². The highest BCUT2D eigenvalue weighted by Crippen LogP contribution is 2.24. The van der Waals surface area contributed by atoms with E-state index in [4.69, 9.17) is 37.4 Å². The second-order valence-corrected chi connectivity index (χ2v) is 6.73. The summed E-state index contributed by atoms with van der Waals surface area (Å²) in [5.41, 5.74) is 0.218. The quantitative estimate of drug-likeness (QED) is 0.507. The van der Waals surface area contributed by atoms with Crippen LogP contribution in [0.15, 0.2) is 71.9 Å². The summed E-state index contributed by atoms with van der Waals surface area (Å²) in [6.45, 7) is 0. The van der Waals surface area contributed by atoms with Gasteiger partial charge in [0.25, 0.3) is 5.78 Å². The number of ether oxygens (including phenoxy) is 3. The zero-order valence-corrected chi connectivity index (χ0v) is 16.8. The van der Waals surface area contributed by atoms with Crippen LogP contribution in [0.2, 0.25) is 10.0 Å². The summed E-state index contributed by atoms with van der Waals surface area (Å²) in [5, 5.41) is 0.814. The summed E-state index contributed by atoms with van der Waals surface area (Å²) in [6.07, 6.45) is 0.753. The zero-order valence-electron chi connectivity index (χ0n) is 15.3. The molecule has 0 atom stereocenters. The number of hydrogen-bond acceptors (Lipinski definition) is 7. The predicted molar refractivity (Wildman–Crippen MR) is 106 cm³/mol. The molecule has 0 amide bonds. The number of halogens is 2. The van der Waals surface area contributed by atoms with E-state index in [1.807, 2.05) is 0 Å². The lowest BCUT2D eigenvalue weighted by atomic mass is 10.1. The van der Waals surface area contributed by atoms with Crippen molar-refractivity contribution in [2.24, 2.45) is 0 Å². The number of allylic oxidation sites excluding steroid dienone is 1. The monoisotopic (exact) mass is 446 g/mol. The summed E-state index contributed by atoms with van der Waals surface area (Å²) >= 11 is 11.5. The van der Waals surface area contributed by atoms with Gasteiger partial charge in [-0.25, -0.2) is 9.59 Å². The highest BCUT2D eigenvalue weighted by atomic mass is 35.5. The van der Waals surface area contributed by atoms with Crippen molar-refractivity contribution in [1.82, 2.24) is 0 Å². The van der Waals surface area contributed by atoms with Gasteiger partial charge in [-0.2, -0.15) is 0 Å². The minimum absolute atomic E-state index is 0.103. The first kappa shape index (κ1) is 21.3. The molecule has 0 unspecified atom stereocenters. The molecule has 0 saturated carbocycles. The highest BCUT2D eigenvalue weighted by molar-refractivity contribution is 6.31. The molecule has 7 nitrogen and oxygen atoms in total. The Kier molecular flexibility index (Phi) is 6.34. The van der Waals surface area contributed by atoms with Crippen molar-refractivity contribution in [1.29, 1.82) is 0 Å². The van der Waals surface area contributed by atoms with E-state index in [1.165, 1.54) is 48.5 Å². The van der Waals surface area contributed by atoms with E-state index in [0.29, 0.717) is 10.0 Å². The van der Waals surface area contributed by atoms with Crippen LogP contribution in [0.1, 0.15) is 20.7 Å². The van der Waals surface area contributed by atoms with Crippen molar-refractivity contribution >= 4 is 46.7 Å². The van der Waals surface area contributed by atoms with Gasteiger partial charge in [0.05, 0.1) is 18.2 Å². The second kappa shape index (κ2) is 8.94. The van der Waals surface area contributed by atoms with Crippen LogP contribution >= 0.6 is 23.2 Å². The molecule has 0 N–H and O–H groups in total. The van der Waals surface area contributed by atoms with Gasteiger partial charge in [-0.1, -0.05) is 23.2 Å². The van der Waals surface area contributed by atoms with E-state index in [2.05, 4.69) is 0 Å². The van der Waals surface area contributed by atoms with Crippen LogP contribution in [0.3, 0.4) is 0 Å². The summed E-state index contributed by atoms with van der Waals surface area (Å²) < 4.78 is 15.0. The molecule has 152 valence electrons. The molecule has 2 aromatic carbocycles. The van der Waals surface area contributed by atoms with Gasteiger partial charge >= 0.3 is 11.9 Å². The lowest BCUT2D eigenvalue weighted by Gasteiger charge is -2.17. The van der Waals surface area contributed by atoms with Crippen LogP contribution < -0.4 is 0 Å². The molecule has 0 radical (unpaired) electrons. The van der Waals surface area contributed by atoms with Gasteiger partial charge in [-0.05, 0) is 48.5 Å². The third-order valence-electron chi connectivity index (χ3n) is 3.88. The molecule has 2 aromatic rings. The van der Waals surface area contributed by atoms with Crippen molar-refractivity contribution in [2.45, 2.75) is 0 Å². The summed E-state index contributed by atoms with van der Waals surface area (Å²) in [6, 6.07) is 11.4. The summed E-state index contributed by atoms with van der Waals surface area (Å²) in [7, 11) is 1.11. The molecule has 0 aliphatic heterocycles. The number of carbonyl (C=O) groups is 4. The minimum Gasteiger partial charge on any atom is -0.489 e. The largest absolute Gasteiger partial charge is 0.489 e. The third kappa shape index (κ3) is 4.59. The molecule has 0 spiro atoms. The molecule has 9 heteroatoms. The number of hydrogen-bond donors (Lipinski definition) is 0. The fourth-order valence-corrected chi connectivity index (χ4v) is 2.67. The molecule has 0 saturated heterocycles. The zero-order chi connectivity index (χ0) is 21.8. The molecule has 0 heterocycles. The Balaban J connectivity index is 1.80. The predicted octanol–water partition coefficient (Wildman–Crippen LogP) is 3.90. The highest BCUT2D eigenvalue weighted by Gasteiger charge is 2.35. The Morgan fingerprint density at radius 2 is 1.20 bits per heavy atom. The molecular formula is C21H12Cl2O7. The lowest BCUT2D eigenvalue weighted by molar-refractivity contribution is -0.122. The molecular weight excluding hydrogens is 435 g/mol. The van der Waals surface area contributed by atoms with Crippen molar-refractivity contribution < 1.29 is 33.4 Å². The maximum Gasteiger partial charge on any atom is 0.343 e. The van der Waals surface area contributed by atoms with Crippen molar-refractivity contribution in [2.75, 3.05) is 7.11 Å². The summed E-state index contributed by atoms with van der Waals surface area (Å²) in [5.74, 6) is -5.34.